The molecule has 1 aliphatic rings. The zero-order valence-electron chi connectivity index (χ0n) is 14.9. The van der Waals surface area contributed by atoms with Gasteiger partial charge in [0.15, 0.2) is 5.69 Å². The number of aryl methyl sites for hydroxylation is 1. The summed E-state index contributed by atoms with van der Waals surface area (Å²) in [6.45, 7) is 4.15. The number of carbonyl (C=O) groups is 1. The second-order valence-corrected chi connectivity index (χ2v) is 7.54. The number of rotatable bonds is 3. The van der Waals surface area contributed by atoms with Crippen molar-refractivity contribution in [3.05, 3.63) is 64.9 Å². The minimum atomic E-state index is -0.0593. The normalized spacial score (nSPS) is 18.2. The summed E-state index contributed by atoms with van der Waals surface area (Å²) in [6.07, 6.45) is 0. The molecule has 1 saturated heterocycles. The fourth-order valence-electron chi connectivity index (χ4n) is 3.36. The molecule has 1 unspecified atom stereocenters. The standard InChI is InChI=1S/C20H21N3O2S/c1-14-18(21-19(25-14)17-9-6-12-26-17)20(24)23-11-10-22(2)13-16(23)15-7-4-3-5-8-15/h3-9,12,16H,10-11,13H2,1-2H3. The summed E-state index contributed by atoms with van der Waals surface area (Å²) in [6, 6.07) is 14.1. The molecule has 0 saturated carbocycles. The Bertz CT molecular complexity index is 889. The molecule has 0 radical (unpaired) electrons. The van der Waals surface area contributed by atoms with Crippen molar-refractivity contribution in [3.8, 4) is 10.8 Å². The molecule has 0 bridgehead atoms. The summed E-state index contributed by atoms with van der Waals surface area (Å²) in [7, 11) is 2.09. The quantitative estimate of drug-likeness (QED) is 0.706. The lowest BCUT2D eigenvalue weighted by Gasteiger charge is -2.40. The van der Waals surface area contributed by atoms with Crippen molar-refractivity contribution in [2.75, 3.05) is 26.7 Å². The minimum Gasteiger partial charge on any atom is -0.440 e. The van der Waals surface area contributed by atoms with Gasteiger partial charge in [-0.05, 0) is 31.0 Å². The van der Waals surface area contributed by atoms with Gasteiger partial charge in [0.25, 0.3) is 5.91 Å². The van der Waals surface area contributed by atoms with Gasteiger partial charge in [-0.25, -0.2) is 4.98 Å². The van der Waals surface area contributed by atoms with Crippen molar-refractivity contribution >= 4 is 17.2 Å². The van der Waals surface area contributed by atoms with Crippen LogP contribution in [-0.4, -0.2) is 47.4 Å². The van der Waals surface area contributed by atoms with Gasteiger partial charge in [0.05, 0.1) is 10.9 Å². The van der Waals surface area contributed by atoms with Crippen molar-refractivity contribution in [2.45, 2.75) is 13.0 Å². The zero-order chi connectivity index (χ0) is 18.1. The van der Waals surface area contributed by atoms with Crippen molar-refractivity contribution < 1.29 is 9.21 Å². The van der Waals surface area contributed by atoms with E-state index in [-0.39, 0.29) is 11.9 Å². The second kappa shape index (κ2) is 7.05. The van der Waals surface area contributed by atoms with E-state index < -0.39 is 0 Å². The summed E-state index contributed by atoms with van der Waals surface area (Å²) in [5.41, 5.74) is 1.56. The molecule has 1 fully saturated rings. The topological polar surface area (TPSA) is 49.6 Å². The highest BCUT2D eigenvalue weighted by atomic mass is 32.1. The fraction of sp³-hybridized carbons (Fsp3) is 0.300. The van der Waals surface area contributed by atoms with Crippen molar-refractivity contribution in [3.63, 3.8) is 0 Å². The van der Waals surface area contributed by atoms with Gasteiger partial charge in [0.2, 0.25) is 5.89 Å². The Kier molecular flexibility index (Phi) is 4.61. The van der Waals surface area contributed by atoms with Crippen molar-refractivity contribution in [2.24, 2.45) is 0 Å². The van der Waals surface area contributed by atoms with Crippen LogP contribution < -0.4 is 0 Å². The molecule has 1 aliphatic heterocycles. The first-order valence-corrected chi connectivity index (χ1v) is 9.57. The number of nitrogens with zero attached hydrogens (tertiary/aromatic N) is 3. The maximum absolute atomic E-state index is 13.3. The Labute approximate surface area is 156 Å². The van der Waals surface area contributed by atoms with Crippen LogP contribution in [-0.2, 0) is 0 Å². The predicted molar refractivity (Wildman–Crippen MR) is 102 cm³/mol. The van der Waals surface area contributed by atoms with E-state index in [1.54, 1.807) is 11.3 Å². The van der Waals surface area contributed by atoms with E-state index in [0.29, 0.717) is 23.9 Å². The first-order valence-electron chi connectivity index (χ1n) is 8.69. The number of piperazine rings is 1. The monoisotopic (exact) mass is 367 g/mol. The summed E-state index contributed by atoms with van der Waals surface area (Å²) < 4.78 is 5.77. The highest BCUT2D eigenvalue weighted by Crippen LogP contribution is 2.30. The van der Waals surface area contributed by atoms with Crippen LogP contribution in [0.25, 0.3) is 10.8 Å². The van der Waals surface area contributed by atoms with Gasteiger partial charge in [-0.2, -0.15) is 0 Å². The third-order valence-corrected chi connectivity index (χ3v) is 5.62. The minimum absolute atomic E-state index is 0.0173. The number of carbonyl (C=O) groups excluding carboxylic acids is 1. The average molecular weight is 367 g/mol. The van der Waals surface area contributed by atoms with Crippen LogP contribution in [0.3, 0.4) is 0 Å². The molecular weight excluding hydrogens is 346 g/mol. The van der Waals surface area contributed by atoms with E-state index in [1.807, 2.05) is 47.5 Å². The van der Waals surface area contributed by atoms with Gasteiger partial charge in [0.1, 0.15) is 5.76 Å². The largest absolute Gasteiger partial charge is 0.440 e. The maximum atomic E-state index is 13.3. The van der Waals surface area contributed by atoms with Crippen molar-refractivity contribution in [1.82, 2.24) is 14.8 Å². The van der Waals surface area contributed by atoms with E-state index >= 15 is 0 Å². The molecule has 1 aromatic carbocycles. The van der Waals surface area contributed by atoms with Gasteiger partial charge in [-0.1, -0.05) is 36.4 Å². The maximum Gasteiger partial charge on any atom is 0.276 e. The lowest BCUT2D eigenvalue weighted by molar-refractivity contribution is 0.0491. The van der Waals surface area contributed by atoms with E-state index in [4.69, 9.17) is 4.42 Å². The molecule has 134 valence electrons. The Morgan fingerprint density at radius 3 is 2.73 bits per heavy atom. The van der Waals surface area contributed by atoms with Gasteiger partial charge in [0, 0.05) is 19.6 Å². The van der Waals surface area contributed by atoms with Gasteiger partial charge >= 0.3 is 0 Å². The van der Waals surface area contributed by atoms with Crippen LogP contribution in [0.2, 0.25) is 0 Å². The molecule has 4 rings (SSSR count). The van der Waals surface area contributed by atoms with E-state index in [9.17, 15) is 4.79 Å². The smallest absolute Gasteiger partial charge is 0.276 e. The first kappa shape index (κ1) is 17.0. The van der Waals surface area contributed by atoms with E-state index in [1.165, 1.54) is 0 Å². The van der Waals surface area contributed by atoms with Gasteiger partial charge < -0.3 is 14.2 Å². The Morgan fingerprint density at radius 1 is 1.19 bits per heavy atom. The molecule has 0 aliphatic carbocycles. The number of aromatic nitrogens is 1. The molecule has 1 atom stereocenters. The number of likely N-dealkylation sites (N-methyl/N-ethyl adjacent to an activating group) is 1. The second-order valence-electron chi connectivity index (χ2n) is 6.59. The zero-order valence-corrected chi connectivity index (χ0v) is 15.7. The van der Waals surface area contributed by atoms with Gasteiger partial charge in [-0.3, -0.25) is 4.79 Å². The van der Waals surface area contributed by atoms with Crippen LogP contribution in [0.5, 0.6) is 0 Å². The molecule has 6 heteroatoms. The molecule has 3 heterocycles. The van der Waals surface area contributed by atoms with Gasteiger partial charge in [-0.15, -0.1) is 11.3 Å². The molecule has 2 aromatic heterocycles. The highest BCUT2D eigenvalue weighted by Gasteiger charge is 2.33. The number of hydrogen-bond donors (Lipinski definition) is 0. The molecule has 1 amide bonds. The van der Waals surface area contributed by atoms with E-state index in [2.05, 4.69) is 29.1 Å². The Hall–Kier alpha value is -2.44. The molecule has 0 spiro atoms. The van der Waals surface area contributed by atoms with Crippen molar-refractivity contribution in [1.29, 1.82) is 0 Å². The lowest BCUT2D eigenvalue weighted by atomic mass is 10.0. The Morgan fingerprint density at radius 2 is 2.00 bits per heavy atom. The average Bonchev–Trinajstić information content (AvgIpc) is 3.31. The summed E-state index contributed by atoms with van der Waals surface area (Å²) >= 11 is 1.56. The number of thiophene rings is 1. The van der Waals surface area contributed by atoms with Crippen LogP contribution in [0.15, 0.2) is 52.3 Å². The van der Waals surface area contributed by atoms with Crippen LogP contribution in [0, 0.1) is 6.92 Å². The molecule has 5 nitrogen and oxygen atoms in total. The SMILES string of the molecule is Cc1oc(-c2cccs2)nc1C(=O)N1CCN(C)CC1c1ccccc1. The third-order valence-electron chi connectivity index (χ3n) is 4.76. The van der Waals surface area contributed by atoms with Crippen LogP contribution in [0.4, 0.5) is 0 Å². The molecule has 3 aromatic rings. The summed E-state index contributed by atoms with van der Waals surface area (Å²) in [4.78, 5) is 22.9. The number of benzene rings is 1. The lowest BCUT2D eigenvalue weighted by Crippen LogP contribution is -2.49. The molecule has 26 heavy (non-hydrogen) atoms. The number of oxazole rings is 1. The summed E-state index contributed by atoms with van der Waals surface area (Å²) in [5.74, 6) is 1.03. The van der Waals surface area contributed by atoms with Crippen LogP contribution >= 0.6 is 11.3 Å². The number of amides is 1. The van der Waals surface area contributed by atoms with Crippen LogP contribution in [0.1, 0.15) is 27.9 Å². The summed E-state index contributed by atoms with van der Waals surface area (Å²) in [5, 5.41) is 1.97. The Balaban J connectivity index is 1.66. The predicted octanol–water partition coefficient (Wildman–Crippen LogP) is 3.84. The van der Waals surface area contributed by atoms with E-state index in [0.717, 1.165) is 23.5 Å². The molecular formula is C20H21N3O2S. The highest BCUT2D eigenvalue weighted by molar-refractivity contribution is 7.13. The molecule has 0 N–H and O–H groups in total. The first-order chi connectivity index (χ1) is 12.6. The fourth-order valence-corrected chi connectivity index (χ4v) is 4.01. The number of hydrogen-bond acceptors (Lipinski definition) is 5. The third kappa shape index (κ3) is 3.18.